The van der Waals surface area contributed by atoms with Gasteiger partial charge in [0.15, 0.2) is 0 Å². The molecule has 0 aliphatic carbocycles. The third-order valence-electron chi connectivity index (χ3n) is 5.95. The number of anilines is 2. The number of rotatable bonds is 10. The van der Waals surface area contributed by atoms with Gasteiger partial charge in [-0.15, -0.1) is 0 Å². The van der Waals surface area contributed by atoms with E-state index in [-0.39, 0.29) is 25.5 Å². The number of hydrogen-bond donors (Lipinski definition) is 6. The van der Waals surface area contributed by atoms with E-state index in [1.165, 1.54) is 4.90 Å². The predicted molar refractivity (Wildman–Crippen MR) is 130 cm³/mol. The Bertz CT molecular complexity index is 1320. The monoisotopic (exact) mass is 494 g/mol. The van der Waals surface area contributed by atoms with Crippen molar-refractivity contribution in [1.82, 2.24) is 30.5 Å². The molecule has 1 aromatic carbocycles. The third-order valence-corrected chi connectivity index (χ3v) is 5.95. The van der Waals surface area contributed by atoms with Crippen molar-refractivity contribution >= 4 is 46.6 Å². The van der Waals surface area contributed by atoms with Gasteiger partial charge in [0, 0.05) is 18.3 Å². The van der Waals surface area contributed by atoms with Crippen molar-refractivity contribution in [3.63, 3.8) is 0 Å². The van der Waals surface area contributed by atoms with E-state index in [4.69, 9.17) is 11.5 Å². The third kappa shape index (κ3) is 5.51. The molecule has 36 heavy (non-hydrogen) atoms. The molecule has 0 unspecified atom stereocenters. The molecule has 8 N–H and O–H groups in total. The molecule has 3 heterocycles. The Morgan fingerprint density at radius 2 is 1.89 bits per heavy atom. The predicted octanol–water partition coefficient (Wildman–Crippen LogP) is 0.423. The first-order valence-electron chi connectivity index (χ1n) is 11.3. The van der Waals surface area contributed by atoms with E-state index in [1.54, 1.807) is 12.1 Å². The first-order chi connectivity index (χ1) is 17.2. The molecule has 1 atom stereocenters. The molecule has 1 saturated heterocycles. The first kappa shape index (κ1) is 24.4. The van der Waals surface area contributed by atoms with Crippen molar-refractivity contribution < 1.29 is 24.3 Å². The second-order valence-corrected chi connectivity index (χ2v) is 8.48. The molecule has 0 spiro atoms. The lowest BCUT2D eigenvalue weighted by Crippen LogP contribution is -2.43. The van der Waals surface area contributed by atoms with Crippen molar-refractivity contribution in [1.29, 1.82) is 0 Å². The van der Waals surface area contributed by atoms with Crippen LogP contribution in [0.1, 0.15) is 34.3 Å². The summed E-state index contributed by atoms with van der Waals surface area (Å²) >= 11 is 0. The zero-order chi connectivity index (χ0) is 25.8. The van der Waals surface area contributed by atoms with Crippen LogP contribution in [0.3, 0.4) is 0 Å². The van der Waals surface area contributed by atoms with Crippen molar-refractivity contribution in [3.05, 3.63) is 47.2 Å². The number of carboxylic acid groups (broad SMARTS) is 1. The number of urea groups is 1. The van der Waals surface area contributed by atoms with E-state index in [0.717, 1.165) is 35.8 Å². The quantitative estimate of drug-likeness (QED) is 0.215. The van der Waals surface area contributed by atoms with Gasteiger partial charge in [-0.25, -0.2) is 9.59 Å². The second-order valence-electron chi connectivity index (χ2n) is 8.48. The number of H-pyrrole nitrogens is 1. The Labute approximate surface area is 205 Å². The lowest BCUT2D eigenvalue weighted by atomic mass is 10.0. The summed E-state index contributed by atoms with van der Waals surface area (Å²) in [5.41, 5.74) is 14.5. The minimum absolute atomic E-state index is 0.0232. The molecular weight excluding hydrogens is 468 g/mol. The van der Waals surface area contributed by atoms with E-state index in [1.807, 2.05) is 18.3 Å². The first-order valence-corrected chi connectivity index (χ1v) is 11.3. The largest absolute Gasteiger partial charge is 0.480 e. The number of aliphatic carboxylic acids is 1. The highest BCUT2D eigenvalue weighted by molar-refractivity contribution is 6.02. The number of aromatic nitrogens is 3. The minimum atomic E-state index is -1.23. The number of nitrogens with two attached hydrogens (primary N) is 2. The van der Waals surface area contributed by atoms with E-state index < -0.39 is 29.9 Å². The number of carbonyl (C=O) groups is 4. The minimum Gasteiger partial charge on any atom is -0.480 e. The summed E-state index contributed by atoms with van der Waals surface area (Å²) in [5, 5.41) is 14.8. The van der Waals surface area contributed by atoms with E-state index in [0.29, 0.717) is 17.0 Å². The zero-order valence-electron chi connectivity index (χ0n) is 19.3. The van der Waals surface area contributed by atoms with Gasteiger partial charge in [-0.1, -0.05) is 12.1 Å². The molecule has 188 valence electrons. The van der Waals surface area contributed by atoms with Crippen molar-refractivity contribution in [2.45, 2.75) is 31.7 Å². The van der Waals surface area contributed by atoms with Gasteiger partial charge in [-0.2, -0.15) is 9.97 Å². The Hall–Kier alpha value is -4.68. The molecule has 0 bridgehead atoms. The maximum absolute atomic E-state index is 12.6. The fourth-order valence-corrected chi connectivity index (χ4v) is 4.10. The number of amides is 4. The van der Waals surface area contributed by atoms with Crippen LogP contribution in [0, 0.1) is 0 Å². The van der Waals surface area contributed by atoms with Crippen LogP contribution in [0.5, 0.6) is 0 Å². The Morgan fingerprint density at radius 1 is 1.14 bits per heavy atom. The topological polar surface area (TPSA) is 209 Å². The Morgan fingerprint density at radius 3 is 2.56 bits per heavy atom. The van der Waals surface area contributed by atoms with Gasteiger partial charge in [0.2, 0.25) is 11.9 Å². The lowest BCUT2D eigenvalue weighted by molar-refractivity contribution is -0.139. The van der Waals surface area contributed by atoms with Gasteiger partial charge >= 0.3 is 12.0 Å². The summed E-state index contributed by atoms with van der Waals surface area (Å²) in [6.45, 7) is -0.105. The summed E-state index contributed by atoms with van der Waals surface area (Å²) in [7, 11) is 0. The van der Waals surface area contributed by atoms with E-state index >= 15 is 0 Å². The van der Waals surface area contributed by atoms with Gasteiger partial charge in [-0.3, -0.25) is 14.9 Å². The van der Waals surface area contributed by atoms with Crippen LogP contribution in [-0.2, 0) is 22.4 Å². The molecule has 0 radical (unpaired) electrons. The van der Waals surface area contributed by atoms with Crippen LogP contribution in [0.2, 0.25) is 0 Å². The number of nitrogens with one attached hydrogen (secondary N) is 3. The van der Waals surface area contributed by atoms with E-state index in [2.05, 4.69) is 25.6 Å². The average Bonchev–Trinajstić information content (AvgIpc) is 3.38. The van der Waals surface area contributed by atoms with Crippen molar-refractivity contribution in [2.75, 3.05) is 24.6 Å². The van der Waals surface area contributed by atoms with E-state index in [9.17, 15) is 24.3 Å². The molecule has 1 aliphatic rings. The van der Waals surface area contributed by atoms with Crippen molar-refractivity contribution in [3.8, 4) is 0 Å². The molecule has 2 aromatic heterocycles. The van der Waals surface area contributed by atoms with Crippen molar-refractivity contribution in [2.24, 2.45) is 0 Å². The standard InChI is InChI=1S/C23H26N8O5/c24-18-17-14(10-26-19(17)30-22(25)29-18)3-1-2-12-4-6-13(7-5-12)20(33)27-15(21(34)35)8-9-31-11-16(32)28-23(31)36/h4-7,10,15H,1-3,8-9,11H2,(H,27,33)(H,34,35)(H,28,32,36)(H5,24,25,26,29,30)/t15-/m0/s1. The lowest BCUT2D eigenvalue weighted by Gasteiger charge is -2.18. The summed E-state index contributed by atoms with van der Waals surface area (Å²) in [4.78, 5) is 59.4. The number of imide groups is 1. The molecule has 13 nitrogen and oxygen atoms in total. The number of aryl methyl sites for hydroxylation is 2. The second kappa shape index (κ2) is 10.3. The number of benzene rings is 1. The molecule has 1 fully saturated rings. The Kier molecular flexibility index (Phi) is 6.99. The highest BCUT2D eigenvalue weighted by Gasteiger charge is 2.29. The number of nitrogen functional groups attached to an aromatic ring is 2. The number of carbonyl (C=O) groups excluding carboxylic acids is 3. The van der Waals surface area contributed by atoms with Gasteiger partial charge in [-0.05, 0) is 48.9 Å². The number of fused-ring (bicyclic) bond motifs is 1. The van der Waals surface area contributed by atoms with Gasteiger partial charge in [0.25, 0.3) is 5.91 Å². The maximum atomic E-state index is 12.6. The summed E-state index contributed by atoms with van der Waals surface area (Å²) < 4.78 is 0. The normalized spacial score (nSPS) is 14.2. The van der Waals surface area contributed by atoms with Crippen LogP contribution in [0.4, 0.5) is 16.6 Å². The van der Waals surface area contributed by atoms with Gasteiger partial charge < -0.3 is 31.8 Å². The number of hydrogen-bond acceptors (Lipinski definition) is 8. The number of carboxylic acids is 1. The van der Waals surface area contributed by atoms with Gasteiger partial charge in [0.05, 0.1) is 5.39 Å². The molecule has 4 rings (SSSR count). The zero-order valence-corrected chi connectivity index (χ0v) is 19.3. The summed E-state index contributed by atoms with van der Waals surface area (Å²) in [6, 6.07) is 5.13. The van der Waals surface area contributed by atoms with Crippen LogP contribution in [0.15, 0.2) is 30.5 Å². The maximum Gasteiger partial charge on any atom is 0.326 e. The average molecular weight is 495 g/mol. The summed E-state index contributed by atoms with van der Waals surface area (Å²) in [6.07, 6.45) is 4.11. The fourth-order valence-electron chi connectivity index (χ4n) is 4.10. The number of nitrogens with zero attached hydrogens (tertiary/aromatic N) is 3. The van der Waals surface area contributed by atoms with Crippen LogP contribution >= 0.6 is 0 Å². The molecule has 13 heteroatoms. The fraction of sp³-hybridized carbons (Fsp3) is 0.304. The Balaban J connectivity index is 1.29. The van der Waals surface area contributed by atoms with Gasteiger partial charge in [0.1, 0.15) is 24.1 Å². The highest BCUT2D eigenvalue weighted by atomic mass is 16.4. The molecule has 0 saturated carbocycles. The van der Waals surface area contributed by atoms with Crippen LogP contribution in [0.25, 0.3) is 11.0 Å². The summed E-state index contributed by atoms with van der Waals surface area (Å²) in [5.74, 6) is -1.76. The highest BCUT2D eigenvalue weighted by Crippen LogP contribution is 2.24. The molecule has 3 aromatic rings. The number of aromatic amines is 1. The molecule has 1 aliphatic heterocycles. The van der Waals surface area contributed by atoms with Crippen LogP contribution < -0.4 is 22.1 Å². The molecule has 4 amide bonds. The van der Waals surface area contributed by atoms with Crippen LogP contribution in [-0.4, -0.2) is 67.9 Å². The SMILES string of the molecule is Nc1nc(N)c2c(CCCc3ccc(C(=O)N[C@@H](CCN4CC(=O)NC4=O)C(=O)O)cc3)c[nH]c2n1. The molecular formula is C23H26N8O5. The smallest absolute Gasteiger partial charge is 0.326 e.